The molecule has 6 nitrogen and oxygen atoms in total. The summed E-state index contributed by atoms with van der Waals surface area (Å²) in [7, 11) is 3.72. The van der Waals surface area contributed by atoms with Gasteiger partial charge in [-0.3, -0.25) is 4.98 Å². The van der Waals surface area contributed by atoms with Gasteiger partial charge in [-0.05, 0) is 23.8 Å². The van der Waals surface area contributed by atoms with Crippen LogP contribution in [0.4, 0.5) is 5.95 Å². The normalized spacial score (nSPS) is 18.1. The van der Waals surface area contributed by atoms with Gasteiger partial charge in [-0.2, -0.15) is 0 Å². The van der Waals surface area contributed by atoms with Crippen LogP contribution in [0.5, 0.6) is 5.75 Å². The molecule has 0 saturated carbocycles. The summed E-state index contributed by atoms with van der Waals surface area (Å²) in [6.45, 7) is 2.28. The van der Waals surface area contributed by atoms with Crippen LogP contribution in [0.2, 0.25) is 0 Å². The summed E-state index contributed by atoms with van der Waals surface area (Å²) >= 11 is 0. The number of ether oxygens (including phenoxy) is 2. The highest BCUT2D eigenvalue weighted by Crippen LogP contribution is 2.28. The van der Waals surface area contributed by atoms with E-state index in [1.165, 1.54) is 0 Å². The van der Waals surface area contributed by atoms with Crippen molar-refractivity contribution in [1.29, 1.82) is 0 Å². The lowest BCUT2D eigenvalue weighted by atomic mass is 10.1. The SMILES string of the molecule is COc1ccc(C2CN(c3nc4cnccc4n3C)CCO2)cc1. The third kappa shape index (κ3) is 2.59. The third-order valence-corrected chi connectivity index (χ3v) is 4.50. The van der Waals surface area contributed by atoms with E-state index in [1.807, 2.05) is 25.2 Å². The number of rotatable bonds is 3. The smallest absolute Gasteiger partial charge is 0.206 e. The highest BCUT2D eigenvalue weighted by Gasteiger charge is 2.25. The first-order chi connectivity index (χ1) is 11.8. The van der Waals surface area contributed by atoms with Gasteiger partial charge in [0.2, 0.25) is 5.95 Å². The molecule has 2 aromatic heterocycles. The Labute approximate surface area is 140 Å². The van der Waals surface area contributed by atoms with Crippen molar-refractivity contribution in [3.8, 4) is 5.75 Å². The number of aromatic nitrogens is 3. The molecule has 3 heterocycles. The fraction of sp³-hybridized carbons (Fsp3) is 0.333. The third-order valence-electron chi connectivity index (χ3n) is 4.50. The van der Waals surface area contributed by atoms with Gasteiger partial charge in [-0.1, -0.05) is 12.1 Å². The van der Waals surface area contributed by atoms with Crippen LogP contribution in [0.1, 0.15) is 11.7 Å². The van der Waals surface area contributed by atoms with Crippen molar-refractivity contribution >= 4 is 17.0 Å². The van der Waals surface area contributed by atoms with Crippen molar-refractivity contribution in [2.75, 3.05) is 31.7 Å². The molecular formula is C18H20N4O2. The second-order valence-electron chi connectivity index (χ2n) is 5.91. The van der Waals surface area contributed by atoms with Crippen molar-refractivity contribution in [2.45, 2.75) is 6.10 Å². The van der Waals surface area contributed by atoms with Crippen LogP contribution in [0.25, 0.3) is 11.0 Å². The fourth-order valence-electron chi connectivity index (χ4n) is 3.17. The second kappa shape index (κ2) is 6.13. The molecule has 1 aliphatic heterocycles. The van der Waals surface area contributed by atoms with E-state index in [-0.39, 0.29) is 6.10 Å². The number of anilines is 1. The van der Waals surface area contributed by atoms with Crippen molar-refractivity contribution in [3.05, 3.63) is 48.3 Å². The molecule has 0 N–H and O–H groups in total. The first-order valence-electron chi connectivity index (χ1n) is 8.03. The molecular weight excluding hydrogens is 304 g/mol. The summed E-state index contributed by atoms with van der Waals surface area (Å²) in [5.74, 6) is 1.81. The zero-order valence-corrected chi connectivity index (χ0v) is 13.8. The Hall–Kier alpha value is -2.60. The monoisotopic (exact) mass is 324 g/mol. The maximum absolute atomic E-state index is 5.97. The maximum Gasteiger partial charge on any atom is 0.206 e. The van der Waals surface area contributed by atoms with Gasteiger partial charge in [-0.25, -0.2) is 4.98 Å². The van der Waals surface area contributed by atoms with Crippen LogP contribution in [-0.2, 0) is 11.8 Å². The Morgan fingerprint density at radius 2 is 2.04 bits per heavy atom. The minimum atomic E-state index is 0.0302. The summed E-state index contributed by atoms with van der Waals surface area (Å²) < 4.78 is 13.3. The van der Waals surface area contributed by atoms with Crippen molar-refractivity contribution < 1.29 is 9.47 Å². The Balaban J connectivity index is 1.60. The highest BCUT2D eigenvalue weighted by atomic mass is 16.5. The zero-order chi connectivity index (χ0) is 16.5. The average molecular weight is 324 g/mol. The molecule has 0 aliphatic carbocycles. The Kier molecular flexibility index (Phi) is 3.82. The number of pyridine rings is 1. The van der Waals surface area contributed by atoms with Crippen molar-refractivity contribution in [3.63, 3.8) is 0 Å². The fourth-order valence-corrected chi connectivity index (χ4v) is 3.17. The Morgan fingerprint density at radius 1 is 1.21 bits per heavy atom. The van der Waals surface area contributed by atoms with Crippen LogP contribution < -0.4 is 9.64 Å². The first-order valence-corrected chi connectivity index (χ1v) is 8.03. The number of hydrogen-bond donors (Lipinski definition) is 0. The lowest BCUT2D eigenvalue weighted by Crippen LogP contribution is -2.39. The molecule has 1 fully saturated rings. The molecule has 3 aromatic rings. The molecule has 1 saturated heterocycles. The molecule has 0 amide bonds. The average Bonchev–Trinajstić information content (AvgIpc) is 2.99. The standard InChI is InChI=1S/C18H20N4O2/c1-21-16-7-8-19-11-15(16)20-18(21)22-9-10-24-17(12-22)13-3-5-14(23-2)6-4-13/h3-8,11,17H,9-10,12H2,1-2H3. The number of aryl methyl sites for hydroxylation is 1. The quantitative estimate of drug-likeness (QED) is 0.741. The number of methoxy groups -OCH3 is 1. The molecule has 6 heteroatoms. The van der Waals surface area contributed by atoms with Gasteiger partial charge in [0.15, 0.2) is 0 Å². The summed E-state index contributed by atoms with van der Waals surface area (Å²) in [6, 6.07) is 10.1. The van der Waals surface area contributed by atoms with E-state index in [0.29, 0.717) is 6.61 Å². The number of imidazole rings is 1. The molecule has 24 heavy (non-hydrogen) atoms. The first kappa shape index (κ1) is 15.0. The van der Waals surface area contributed by atoms with E-state index in [4.69, 9.17) is 14.5 Å². The number of fused-ring (bicyclic) bond motifs is 1. The van der Waals surface area contributed by atoms with Gasteiger partial charge in [0, 0.05) is 19.8 Å². The summed E-state index contributed by atoms with van der Waals surface area (Å²) in [5, 5.41) is 0. The highest BCUT2D eigenvalue weighted by molar-refractivity contribution is 5.77. The second-order valence-corrected chi connectivity index (χ2v) is 5.91. The van der Waals surface area contributed by atoms with Crippen LogP contribution in [-0.4, -0.2) is 41.3 Å². The van der Waals surface area contributed by atoms with Gasteiger partial charge in [0.05, 0.1) is 32.0 Å². The van der Waals surface area contributed by atoms with E-state index < -0.39 is 0 Å². The van der Waals surface area contributed by atoms with Gasteiger partial charge in [0.1, 0.15) is 17.4 Å². The van der Waals surface area contributed by atoms with Crippen molar-refractivity contribution in [2.24, 2.45) is 7.05 Å². The van der Waals surface area contributed by atoms with Crippen LogP contribution in [0.3, 0.4) is 0 Å². The molecule has 124 valence electrons. The van der Waals surface area contributed by atoms with Gasteiger partial charge >= 0.3 is 0 Å². The minimum absolute atomic E-state index is 0.0302. The molecule has 1 atom stereocenters. The van der Waals surface area contributed by atoms with Crippen LogP contribution in [0, 0.1) is 0 Å². The van der Waals surface area contributed by atoms with Gasteiger partial charge in [-0.15, -0.1) is 0 Å². The zero-order valence-electron chi connectivity index (χ0n) is 13.8. The lowest BCUT2D eigenvalue weighted by molar-refractivity contribution is 0.0391. The predicted octanol–water partition coefficient (Wildman–Crippen LogP) is 2.55. The number of nitrogens with zero attached hydrogens (tertiary/aromatic N) is 4. The number of benzene rings is 1. The topological polar surface area (TPSA) is 52.4 Å². The molecule has 1 aliphatic rings. The summed E-state index contributed by atoms with van der Waals surface area (Å²) in [6.07, 6.45) is 3.63. The van der Waals surface area contributed by atoms with E-state index in [1.54, 1.807) is 19.5 Å². The van der Waals surface area contributed by atoms with E-state index in [0.717, 1.165) is 41.4 Å². The van der Waals surface area contributed by atoms with Gasteiger partial charge < -0.3 is 18.9 Å². The number of morpholine rings is 1. The van der Waals surface area contributed by atoms with E-state index >= 15 is 0 Å². The Bertz CT molecular complexity index is 844. The molecule has 1 aromatic carbocycles. The van der Waals surface area contributed by atoms with Gasteiger partial charge in [0.25, 0.3) is 0 Å². The van der Waals surface area contributed by atoms with Crippen LogP contribution in [0.15, 0.2) is 42.7 Å². The maximum atomic E-state index is 5.97. The molecule has 0 spiro atoms. The van der Waals surface area contributed by atoms with E-state index in [2.05, 4.69) is 26.6 Å². The molecule has 1 unspecified atom stereocenters. The molecule has 0 bridgehead atoms. The Morgan fingerprint density at radius 3 is 2.79 bits per heavy atom. The molecule has 0 radical (unpaired) electrons. The summed E-state index contributed by atoms with van der Waals surface area (Å²) in [5.41, 5.74) is 3.16. The number of hydrogen-bond acceptors (Lipinski definition) is 5. The lowest BCUT2D eigenvalue weighted by Gasteiger charge is -2.33. The van der Waals surface area contributed by atoms with Crippen LogP contribution >= 0.6 is 0 Å². The van der Waals surface area contributed by atoms with E-state index in [9.17, 15) is 0 Å². The summed E-state index contributed by atoms with van der Waals surface area (Å²) in [4.78, 5) is 11.2. The minimum Gasteiger partial charge on any atom is -0.497 e. The largest absolute Gasteiger partial charge is 0.497 e. The molecule has 4 rings (SSSR count). The predicted molar refractivity (Wildman–Crippen MR) is 92.4 cm³/mol. The van der Waals surface area contributed by atoms with Crippen molar-refractivity contribution in [1.82, 2.24) is 14.5 Å².